The summed E-state index contributed by atoms with van der Waals surface area (Å²) in [5.74, 6) is 2.38. The molecule has 0 amide bonds. The van der Waals surface area contributed by atoms with Crippen molar-refractivity contribution in [1.82, 2.24) is 0 Å². The number of rotatable bonds is 6. The van der Waals surface area contributed by atoms with Crippen molar-refractivity contribution in [2.45, 2.75) is 0 Å². The van der Waals surface area contributed by atoms with E-state index in [9.17, 15) is 4.79 Å². The molecule has 0 radical (unpaired) electrons. The van der Waals surface area contributed by atoms with Crippen molar-refractivity contribution in [2.24, 2.45) is 0 Å². The van der Waals surface area contributed by atoms with Gasteiger partial charge in [-0.2, -0.15) is 0 Å². The zero-order valence-electron chi connectivity index (χ0n) is 21.6. The Bertz CT molecular complexity index is 1700. The quantitative estimate of drug-likeness (QED) is 0.306. The van der Waals surface area contributed by atoms with Gasteiger partial charge in [-0.25, -0.2) is 0 Å². The lowest BCUT2D eigenvalue weighted by Crippen LogP contribution is -2.27. The van der Waals surface area contributed by atoms with Crippen LogP contribution in [-0.4, -0.2) is 34.2 Å². The predicted molar refractivity (Wildman–Crippen MR) is 150 cm³/mol. The van der Waals surface area contributed by atoms with Crippen molar-refractivity contribution < 1.29 is 23.7 Å². The standard InChI is InChI=1S/C33H26O5/c1-35-21-13-19(14-22(17-21)36-2)29-31-27-11-7-5-9-25(27)26-10-6-8-12-28(26)32(31)30(33(29)34)20-15-23(37-3)18-24(16-20)38-4/h5-18H,1-4H3. The molecule has 38 heavy (non-hydrogen) atoms. The first-order chi connectivity index (χ1) is 18.6. The Kier molecular flexibility index (Phi) is 5.76. The monoisotopic (exact) mass is 502 g/mol. The zero-order chi connectivity index (χ0) is 26.4. The first kappa shape index (κ1) is 23.6. The minimum absolute atomic E-state index is 0.0767. The Morgan fingerprint density at radius 2 is 0.763 bits per heavy atom. The van der Waals surface area contributed by atoms with E-state index in [1.807, 2.05) is 48.5 Å². The summed E-state index contributed by atoms with van der Waals surface area (Å²) in [5, 5.41) is 6.00. The van der Waals surface area contributed by atoms with E-state index in [4.69, 9.17) is 18.9 Å². The van der Waals surface area contributed by atoms with E-state index in [2.05, 4.69) is 24.3 Å². The van der Waals surface area contributed by atoms with Gasteiger partial charge >= 0.3 is 0 Å². The minimum Gasteiger partial charge on any atom is -0.497 e. The number of benzene rings is 5. The summed E-state index contributed by atoms with van der Waals surface area (Å²) in [6.07, 6.45) is 0. The number of hydrogen-bond donors (Lipinski definition) is 0. The van der Waals surface area contributed by atoms with Gasteiger partial charge in [-0.05, 0) is 56.9 Å². The first-order valence-corrected chi connectivity index (χ1v) is 12.3. The highest BCUT2D eigenvalue weighted by Crippen LogP contribution is 2.35. The fraction of sp³-hybridized carbons (Fsp3) is 0.121. The molecule has 1 aliphatic carbocycles. The fourth-order valence-electron chi connectivity index (χ4n) is 5.47. The van der Waals surface area contributed by atoms with Crippen molar-refractivity contribution in [3.05, 3.63) is 106 Å². The van der Waals surface area contributed by atoms with Gasteiger partial charge in [0.1, 0.15) is 23.0 Å². The molecule has 6 rings (SSSR count). The lowest BCUT2D eigenvalue weighted by molar-refractivity contribution is -0.108. The van der Waals surface area contributed by atoms with Crippen molar-refractivity contribution >= 4 is 38.5 Å². The van der Waals surface area contributed by atoms with Crippen LogP contribution in [0.3, 0.4) is 0 Å². The van der Waals surface area contributed by atoms with E-state index in [1.165, 1.54) is 0 Å². The molecule has 0 saturated carbocycles. The van der Waals surface area contributed by atoms with Crippen LogP contribution in [-0.2, 0) is 4.79 Å². The molecule has 0 aromatic heterocycles. The van der Waals surface area contributed by atoms with Gasteiger partial charge < -0.3 is 18.9 Å². The highest BCUT2D eigenvalue weighted by atomic mass is 16.5. The molecule has 0 bridgehead atoms. The number of ether oxygens (including phenoxy) is 4. The predicted octanol–water partition coefficient (Wildman–Crippen LogP) is 5.01. The van der Waals surface area contributed by atoms with Gasteiger partial charge in [-0.3, -0.25) is 4.79 Å². The highest BCUT2D eigenvalue weighted by molar-refractivity contribution is 6.45. The summed E-state index contributed by atoms with van der Waals surface area (Å²) in [6, 6.07) is 27.6. The Morgan fingerprint density at radius 1 is 0.447 bits per heavy atom. The van der Waals surface area contributed by atoms with Crippen LogP contribution < -0.4 is 29.4 Å². The largest absolute Gasteiger partial charge is 0.497 e. The zero-order valence-corrected chi connectivity index (χ0v) is 21.6. The van der Waals surface area contributed by atoms with Gasteiger partial charge in [0.15, 0.2) is 5.78 Å². The first-order valence-electron chi connectivity index (χ1n) is 12.3. The van der Waals surface area contributed by atoms with E-state index in [0.717, 1.165) is 43.1 Å². The third-order valence-electron chi connectivity index (χ3n) is 7.17. The van der Waals surface area contributed by atoms with Crippen LogP contribution in [0.15, 0.2) is 84.9 Å². The van der Waals surface area contributed by atoms with E-state index < -0.39 is 0 Å². The maximum absolute atomic E-state index is 14.6. The third-order valence-corrected chi connectivity index (χ3v) is 7.17. The van der Waals surface area contributed by atoms with Crippen LogP contribution in [0.4, 0.5) is 0 Å². The summed E-state index contributed by atoms with van der Waals surface area (Å²) in [4.78, 5) is 14.6. The molecule has 0 atom stereocenters. The Balaban J connectivity index is 1.88. The van der Waals surface area contributed by atoms with E-state index >= 15 is 0 Å². The Labute approximate surface area is 220 Å². The number of hydrogen-bond acceptors (Lipinski definition) is 5. The third kappa shape index (κ3) is 3.58. The number of carbonyl (C=O) groups is 1. The lowest BCUT2D eigenvalue weighted by atomic mass is 9.95. The lowest BCUT2D eigenvalue weighted by Gasteiger charge is -2.12. The number of methoxy groups -OCH3 is 4. The smallest absolute Gasteiger partial charge is 0.195 e. The van der Waals surface area contributed by atoms with Gasteiger partial charge in [-0.1, -0.05) is 48.5 Å². The van der Waals surface area contributed by atoms with Crippen molar-refractivity contribution in [3.8, 4) is 23.0 Å². The van der Waals surface area contributed by atoms with Crippen molar-refractivity contribution in [3.63, 3.8) is 0 Å². The summed E-state index contributed by atoms with van der Waals surface area (Å²) >= 11 is 0. The molecule has 5 nitrogen and oxygen atoms in total. The maximum Gasteiger partial charge on any atom is 0.195 e. The topological polar surface area (TPSA) is 54.0 Å². The van der Waals surface area contributed by atoms with Crippen LogP contribution in [0.25, 0.3) is 32.7 Å². The Morgan fingerprint density at radius 3 is 1.08 bits per heavy atom. The van der Waals surface area contributed by atoms with Gasteiger partial charge in [0, 0.05) is 33.7 Å². The summed E-state index contributed by atoms with van der Waals surface area (Å²) in [6.45, 7) is 0. The second-order valence-electron chi connectivity index (χ2n) is 9.12. The second kappa shape index (κ2) is 9.27. The van der Waals surface area contributed by atoms with E-state index in [-0.39, 0.29) is 5.78 Å². The van der Waals surface area contributed by atoms with Crippen LogP contribution in [0.1, 0.15) is 11.1 Å². The number of carbonyl (C=O) groups excluding carboxylic acids is 1. The summed E-state index contributed by atoms with van der Waals surface area (Å²) in [5.41, 5.74) is 2.68. The molecular formula is C33H26O5. The van der Waals surface area contributed by atoms with E-state index in [0.29, 0.717) is 34.1 Å². The van der Waals surface area contributed by atoms with Gasteiger partial charge in [0.05, 0.1) is 28.4 Å². The average molecular weight is 503 g/mol. The minimum atomic E-state index is -0.0767. The second-order valence-corrected chi connectivity index (χ2v) is 9.12. The highest BCUT2D eigenvalue weighted by Gasteiger charge is 2.30. The molecule has 0 aliphatic heterocycles. The molecular weight excluding hydrogens is 476 g/mol. The number of fused-ring (bicyclic) bond motifs is 6. The Hall–Kier alpha value is -4.77. The van der Waals surface area contributed by atoms with Crippen LogP contribution in [0.2, 0.25) is 0 Å². The van der Waals surface area contributed by atoms with Crippen LogP contribution >= 0.6 is 0 Å². The van der Waals surface area contributed by atoms with Crippen molar-refractivity contribution in [2.75, 3.05) is 28.4 Å². The van der Waals surface area contributed by atoms with Crippen LogP contribution in [0, 0.1) is 0 Å². The summed E-state index contributed by atoms with van der Waals surface area (Å²) < 4.78 is 22.3. The van der Waals surface area contributed by atoms with Crippen molar-refractivity contribution in [1.29, 1.82) is 0 Å². The molecule has 0 N–H and O–H groups in total. The molecule has 0 heterocycles. The maximum atomic E-state index is 14.6. The van der Waals surface area contributed by atoms with Gasteiger partial charge in [-0.15, -0.1) is 0 Å². The molecule has 5 heteroatoms. The SMILES string of the molecule is COc1cc(OC)cc(C2=c3c(c4ccccc4c4ccccc34)=C(c3cc(OC)cc(OC)c3)C2=O)c1. The number of ketones is 1. The molecule has 188 valence electrons. The van der Waals surface area contributed by atoms with Crippen LogP contribution in [0.5, 0.6) is 23.0 Å². The van der Waals surface area contributed by atoms with Gasteiger partial charge in [0.2, 0.25) is 0 Å². The normalized spacial score (nSPS) is 12.7. The molecule has 0 spiro atoms. The fourth-order valence-corrected chi connectivity index (χ4v) is 5.47. The molecule has 5 aromatic rings. The van der Waals surface area contributed by atoms with E-state index in [1.54, 1.807) is 40.6 Å². The molecule has 0 unspecified atom stereocenters. The number of Topliss-reactive ketones (excluding diaryl/α,β-unsaturated/α-hetero) is 1. The average Bonchev–Trinajstić information content (AvgIpc) is 3.29. The molecule has 5 aromatic carbocycles. The molecule has 1 aliphatic rings. The van der Waals surface area contributed by atoms with Gasteiger partial charge in [0.25, 0.3) is 0 Å². The summed E-state index contributed by atoms with van der Waals surface area (Å²) in [7, 11) is 6.43. The molecule has 0 fully saturated rings. The molecule has 0 saturated heterocycles.